The predicted molar refractivity (Wildman–Crippen MR) is 101 cm³/mol. The lowest BCUT2D eigenvalue weighted by molar-refractivity contribution is -0.130. The van der Waals surface area contributed by atoms with Crippen molar-refractivity contribution in [2.45, 2.75) is 44.0 Å². The highest BCUT2D eigenvalue weighted by molar-refractivity contribution is 7.80. The summed E-state index contributed by atoms with van der Waals surface area (Å²) in [6.45, 7) is 5.36. The number of fused-ring (bicyclic) bond motifs is 1. The number of para-hydroxylation sites is 1. The SMILES string of the molecule is CN1C(=O)C(C(O)c2cn(C(=O)OC(C)(C)C)c3ccccc23)NC1S. The van der Waals surface area contributed by atoms with Crippen molar-refractivity contribution in [3.63, 3.8) is 0 Å². The first-order chi connectivity index (χ1) is 12.1. The molecule has 1 aromatic heterocycles. The number of aliphatic hydroxyl groups excluding tert-OH is 1. The molecule has 26 heavy (non-hydrogen) atoms. The number of carbonyl (C=O) groups excluding carboxylic acids is 2. The van der Waals surface area contributed by atoms with Gasteiger partial charge >= 0.3 is 6.09 Å². The van der Waals surface area contributed by atoms with Gasteiger partial charge in [-0.1, -0.05) is 18.2 Å². The second-order valence-corrected chi connectivity index (χ2v) is 7.85. The van der Waals surface area contributed by atoms with E-state index >= 15 is 0 Å². The number of aromatic nitrogens is 1. The first-order valence-electron chi connectivity index (χ1n) is 8.32. The molecule has 1 aromatic carbocycles. The normalized spacial score (nSPS) is 22.1. The number of rotatable bonds is 2. The summed E-state index contributed by atoms with van der Waals surface area (Å²) in [5.41, 5.74) is -0.0295. The fraction of sp³-hybridized carbons (Fsp3) is 0.444. The molecule has 0 radical (unpaired) electrons. The second-order valence-electron chi connectivity index (χ2n) is 7.36. The number of nitrogens with zero attached hydrogens (tertiary/aromatic N) is 2. The zero-order valence-corrected chi connectivity index (χ0v) is 16.0. The molecule has 3 rings (SSSR count). The van der Waals surface area contributed by atoms with Crippen LogP contribution in [0.25, 0.3) is 10.9 Å². The van der Waals surface area contributed by atoms with Gasteiger partial charge in [-0.25, -0.2) is 4.79 Å². The summed E-state index contributed by atoms with van der Waals surface area (Å²) < 4.78 is 6.81. The van der Waals surface area contributed by atoms with E-state index in [4.69, 9.17) is 4.74 Å². The van der Waals surface area contributed by atoms with Crippen molar-refractivity contribution in [1.82, 2.24) is 14.8 Å². The Morgan fingerprint density at radius 1 is 1.35 bits per heavy atom. The van der Waals surface area contributed by atoms with E-state index in [2.05, 4.69) is 17.9 Å². The third-order valence-corrected chi connectivity index (χ3v) is 4.77. The van der Waals surface area contributed by atoms with E-state index in [0.717, 1.165) is 0 Å². The molecule has 0 saturated carbocycles. The Bertz CT molecular complexity index is 858. The van der Waals surface area contributed by atoms with Crippen LogP contribution >= 0.6 is 12.6 Å². The number of amides is 1. The Kier molecular flexibility index (Phi) is 4.76. The van der Waals surface area contributed by atoms with Crippen LogP contribution in [0.2, 0.25) is 0 Å². The number of carbonyl (C=O) groups is 2. The van der Waals surface area contributed by atoms with Gasteiger partial charge in [0.1, 0.15) is 23.2 Å². The minimum Gasteiger partial charge on any atom is -0.443 e. The van der Waals surface area contributed by atoms with Crippen molar-refractivity contribution in [2.75, 3.05) is 7.05 Å². The van der Waals surface area contributed by atoms with E-state index in [1.54, 1.807) is 46.0 Å². The Morgan fingerprint density at radius 2 is 2.00 bits per heavy atom. The van der Waals surface area contributed by atoms with Gasteiger partial charge in [0, 0.05) is 24.2 Å². The average molecular weight is 377 g/mol. The highest BCUT2D eigenvalue weighted by Crippen LogP contribution is 2.31. The lowest BCUT2D eigenvalue weighted by Crippen LogP contribution is -2.35. The van der Waals surface area contributed by atoms with Crippen molar-refractivity contribution in [1.29, 1.82) is 0 Å². The number of benzene rings is 1. The molecular formula is C18H23N3O4S. The highest BCUT2D eigenvalue weighted by atomic mass is 32.1. The fourth-order valence-electron chi connectivity index (χ4n) is 2.99. The molecule has 1 aliphatic rings. The summed E-state index contributed by atoms with van der Waals surface area (Å²) in [6, 6.07) is 6.36. The molecule has 0 spiro atoms. The van der Waals surface area contributed by atoms with Gasteiger partial charge in [-0.15, -0.1) is 12.6 Å². The maximum atomic E-state index is 12.6. The largest absolute Gasteiger partial charge is 0.443 e. The maximum absolute atomic E-state index is 12.6. The predicted octanol–water partition coefficient (Wildman–Crippen LogP) is 2.10. The van der Waals surface area contributed by atoms with Gasteiger partial charge in [0.25, 0.3) is 0 Å². The van der Waals surface area contributed by atoms with Crippen LogP contribution in [0.1, 0.15) is 32.4 Å². The Balaban J connectivity index is 2.02. The molecule has 140 valence electrons. The molecule has 1 saturated heterocycles. The van der Waals surface area contributed by atoms with Gasteiger partial charge in [-0.3, -0.25) is 14.7 Å². The van der Waals surface area contributed by atoms with Crippen molar-refractivity contribution in [3.8, 4) is 0 Å². The number of hydrogen-bond acceptors (Lipinski definition) is 6. The average Bonchev–Trinajstić information content (AvgIpc) is 3.06. The van der Waals surface area contributed by atoms with E-state index in [1.807, 2.05) is 6.07 Å². The molecule has 1 fully saturated rings. The maximum Gasteiger partial charge on any atom is 0.419 e. The highest BCUT2D eigenvalue weighted by Gasteiger charge is 2.40. The fourth-order valence-corrected chi connectivity index (χ4v) is 3.27. The van der Waals surface area contributed by atoms with E-state index in [0.29, 0.717) is 16.5 Å². The number of likely N-dealkylation sites (N-methyl/N-ethyl adjacent to an activating group) is 1. The van der Waals surface area contributed by atoms with Crippen LogP contribution in [-0.2, 0) is 9.53 Å². The molecule has 0 aliphatic carbocycles. The lowest BCUT2D eigenvalue weighted by Gasteiger charge is -2.19. The summed E-state index contributed by atoms with van der Waals surface area (Å²) in [5.74, 6) is -0.258. The summed E-state index contributed by atoms with van der Waals surface area (Å²) in [4.78, 5) is 26.3. The lowest BCUT2D eigenvalue weighted by atomic mass is 10.0. The molecule has 2 aromatic rings. The van der Waals surface area contributed by atoms with Gasteiger partial charge < -0.3 is 14.7 Å². The zero-order valence-electron chi connectivity index (χ0n) is 15.1. The zero-order chi connectivity index (χ0) is 19.2. The molecule has 0 bridgehead atoms. The van der Waals surface area contributed by atoms with Gasteiger partial charge in [-0.05, 0) is 26.8 Å². The smallest absolute Gasteiger partial charge is 0.419 e. The van der Waals surface area contributed by atoms with E-state index < -0.39 is 29.3 Å². The van der Waals surface area contributed by atoms with E-state index in [9.17, 15) is 14.7 Å². The summed E-state index contributed by atoms with van der Waals surface area (Å²) in [7, 11) is 1.61. The van der Waals surface area contributed by atoms with Crippen LogP contribution in [0.4, 0.5) is 4.79 Å². The van der Waals surface area contributed by atoms with Crippen LogP contribution in [0.15, 0.2) is 30.5 Å². The van der Waals surface area contributed by atoms with Crippen LogP contribution < -0.4 is 5.32 Å². The monoisotopic (exact) mass is 377 g/mol. The molecule has 2 heterocycles. The van der Waals surface area contributed by atoms with Gasteiger partial charge in [0.2, 0.25) is 5.91 Å². The standard InChI is InChI=1S/C18H23N3O4S/c1-18(2,3)25-17(24)21-9-11(10-7-5-6-8-12(10)21)14(22)13-15(23)20(4)16(26)19-13/h5-9,13-14,16,19,22,26H,1-4H3. The number of hydrogen-bond donors (Lipinski definition) is 3. The van der Waals surface area contributed by atoms with Crippen molar-refractivity contribution >= 4 is 35.5 Å². The third-order valence-electron chi connectivity index (χ3n) is 4.28. The van der Waals surface area contributed by atoms with Crippen LogP contribution in [-0.4, -0.2) is 50.8 Å². The minimum absolute atomic E-state index is 0.258. The number of nitrogens with one attached hydrogen (secondary N) is 1. The van der Waals surface area contributed by atoms with E-state index in [1.165, 1.54) is 15.7 Å². The number of thiol groups is 1. The Labute approximate surface area is 157 Å². The topological polar surface area (TPSA) is 83.8 Å². The molecule has 2 N–H and O–H groups in total. The summed E-state index contributed by atoms with van der Waals surface area (Å²) in [6.07, 6.45) is -0.137. The third kappa shape index (κ3) is 3.32. The summed E-state index contributed by atoms with van der Waals surface area (Å²) >= 11 is 4.27. The van der Waals surface area contributed by atoms with E-state index in [-0.39, 0.29) is 5.91 Å². The van der Waals surface area contributed by atoms with Crippen molar-refractivity contribution in [3.05, 3.63) is 36.0 Å². The minimum atomic E-state index is -1.13. The number of aliphatic hydroxyl groups is 1. The molecule has 3 unspecified atom stereocenters. The summed E-state index contributed by atoms with van der Waals surface area (Å²) in [5, 5.41) is 14.5. The Morgan fingerprint density at radius 3 is 2.58 bits per heavy atom. The molecular weight excluding hydrogens is 354 g/mol. The quantitative estimate of drug-likeness (QED) is 0.698. The van der Waals surface area contributed by atoms with Crippen LogP contribution in [0, 0.1) is 0 Å². The van der Waals surface area contributed by atoms with Gasteiger partial charge in [0.15, 0.2) is 0 Å². The van der Waals surface area contributed by atoms with Crippen LogP contribution in [0.5, 0.6) is 0 Å². The Hall–Kier alpha value is -2.03. The first kappa shape index (κ1) is 18.8. The molecule has 1 aliphatic heterocycles. The molecule has 7 nitrogen and oxygen atoms in total. The van der Waals surface area contributed by atoms with Crippen molar-refractivity contribution in [2.24, 2.45) is 0 Å². The van der Waals surface area contributed by atoms with Gasteiger partial charge in [-0.2, -0.15) is 0 Å². The number of ether oxygens (including phenoxy) is 1. The molecule has 3 atom stereocenters. The first-order valence-corrected chi connectivity index (χ1v) is 8.84. The van der Waals surface area contributed by atoms with Crippen LogP contribution in [0.3, 0.4) is 0 Å². The second kappa shape index (κ2) is 6.61. The molecule has 8 heteroatoms. The van der Waals surface area contributed by atoms with Crippen molar-refractivity contribution < 1.29 is 19.4 Å². The molecule has 1 amide bonds. The van der Waals surface area contributed by atoms with Gasteiger partial charge in [0.05, 0.1) is 5.52 Å².